The molecule has 0 aromatic rings. The van der Waals surface area contributed by atoms with Gasteiger partial charge in [0.1, 0.15) is 5.60 Å². The summed E-state index contributed by atoms with van der Waals surface area (Å²) in [4.78, 5) is 32.2. The summed E-state index contributed by atoms with van der Waals surface area (Å²) in [6.07, 6.45) is -0.900. The van der Waals surface area contributed by atoms with Crippen molar-refractivity contribution in [3.8, 4) is 0 Å². The topological polar surface area (TPSA) is 69.7 Å². The van der Waals surface area contributed by atoms with E-state index in [-0.39, 0.29) is 6.42 Å². The lowest BCUT2D eigenvalue weighted by molar-refractivity contribution is -0.162. The molecule has 0 spiro atoms. The Labute approximate surface area is 88.7 Å². The molecule has 0 aliphatic heterocycles. The molecule has 0 amide bonds. The first kappa shape index (κ1) is 13.6. The highest BCUT2D eigenvalue weighted by Gasteiger charge is 2.21. The van der Waals surface area contributed by atoms with Gasteiger partial charge in [-0.2, -0.15) is 0 Å². The van der Waals surface area contributed by atoms with E-state index in [9.17, 15) is 14.4 Å². The van der Waals surface area contributed by atoms with E-state index in [2.05, 4.69) is 4.74 Å². The van der Waals surface area contributed by atoms with Crippen LogP contribution in [0.4, 0.5) is 0 Å². The Hall–Kier alpha value is -1.39. The highest BCUT2D eigenvalue weighted by atomic mass is 16.6. The summed E-state index contributed by atoms with van der Waals surface area (Å²) in [5, 5.41) is 0. The van der Waals surface area contributed by atoms with Gasteiger partial charge in [-0.25, -0.2) is 0 Å². The molecule has 0 aliphatic rings. The molecule has 0 aromatic carbocycles. The molecular formula is C10H16O5. The van der Waals surface area contributed by atoms with Gasteiger partial charge in [0.15, 0.2) is 12.4 Å². The van der Waals surface area contributed by atoms with Gasteiger partial charge in [0, 0.05) is 6.92 Å². The smallest absolute Gasteiger partial charge is 0.310 e. The summed E-state index contributed by atoms with van der Waals surface area (Å²) in [7, 11) is 0. The lowest BCUT2D eigenvalue weighted by atomic mass is 10.2. The van der Waals surface area contributed by atoms with Crippen molar-refractivity contribution in [1.82, 2.24) is 0 Å². The Balaban J connectivity index is 4.13. The predicted octanol–water partition coefficient (Wildman–Crippen LogP) is 0.849. The molecule has 0 radical (unpaired) electrons. The Kier molecular flexibility index (Phi) is 4.97. The second-order valence-electron chi connectivity index (χ2n) is 4.07. The average Bonchev–Trinajstić information content (AvgIpc) is 1.98. The number of rotatable bonds is 4. The van der Waals surface area contributed by atoms with Crippen molar-refractivity contribution in [2.75, 3.05) is 0 Å². The summed E-state index contributed by atoms with van der Waals surface area (Å²) < 4.78 is 9.54. The van der Waals surface area contributed by atoms with Crippen LogP contribution in [0.3, 0.4) is 0 Å². The zero-order chi connectivity index (χ0) is 12.1. The normalized spacial score (nSPS) is 12.8. The van der Waals surface area contributed by atoms with Crippen molar-refractivity contribution in [3.63, 3.8) is 0 Å². The van der Waals surface area contributed by atoms with E-state index in [1.54, 1.807) is 20.8 Å². The van der Waals surface area contributed by atoms with Crippen LogP contribution in [0.1, 0.15) is 34.1 Å². The molecule has 0 aliphatic carbocycles. The number of hydrogen-bond donors (Lipinski definition) is 0. The number of aldehydes is 1. The number of hydrogen-bond acceptors (Lipinski definition) is 5. The summed E-state index contributed by atoms with van der Waals surface area (Å²) in [6.45, 7) is 6.32. The Morgan fingerprint density at radius 1 is 1.33 bits per heavy atom. The molecule has 0 aromatic heterocycles. The van der Waals surface area contributed by atoms with Crippen molar-refractivity contribution >= 4 is 18.2 Å². The van der Waals surface area contributed by atoms with Crippen LogP contribution >= 0.6 is 0 Å². The zero-order valence-electron chi connectivity index (χ0n) is 9.40. The molecule has 0 rings (SSSR count). The van der Waals surface area contributed by atoms with Crippen LogP contribution in [0.15, 0.2) is 0 Å². The van der Waals surface area contributed by atoms with E-state index in [0.29, 0.717) is 6.29 Å². The van der Waals surface area contributed by atoms with Gasteiger partial charge < -0.3 is 9.47 Å². The fourth-order valence-corrected chi connectivity index (χ4v) is 0.878. The van der Waals surface area contributed by atoms with Crippen LogP contribution in [0.25, 0.3) is 0 Å². The van der Waals surface area contributed by atoms with Gasteiger partial charge in [0.25, 0.3) is 0 Å². The summed E-state index contributed by atoms with van der Waals surface area (Å²) in [5.74, 6) is -1.17. The fourth-order valence-electron chi connectivity index (χ4n) is 0.878. The van der Waals surface area contributed by atoms with E-state index in [1.807, 2.05) is 0 Å². The minimum Gasteiger partial charge on any atom is -0.460 e. The minimum atomic E-state index is -1.06. The Bertz CT molecular complexity index is 251. The second-order valence-corrected chi connectivity index (χ2v) is 4.07. The molecule has 0 bridgehead atoms. The molecule has 86 valence electrons. The number of carbonyl (C=O) groups excluding carboxylic acids is 3. The van der Waals surface area contributed by atoms with Crippen LogP contribution in [-0.2, 0) is 23.9 Å². The van der Waals surface area contributed by atoms with Gasteiger partial charge in [-0.05, 0) is 20.8 Å². The third kappa shape index (κ3) is 7.66. The van der Waals surface area contributed by atoms with Crippen molar-refractivity contribution < 1.29 is 23.9 Å². The second kappa shape index (κ2) is 5.48. The van der Waals surface area contributed by atoms with E-state index in [4.69, 9.17) is 4.74 Å². The average molecular weight is 216 g/mol. The molecule has 0 saturated heterocycles. The minimum absolute atomic E-state index is 0.250. The highest BCUT2D eigenvalue weighted by Crippen LogP contribution is 2.09. The van der Waals surface area contributed by atoms with Crippen LogP contribution < -0.4 is 0 Å². The van der Waals surface area contributed by atoms with Crippen molar-refractivity contribution in [3.05, 3.63) is 0 Å². The first-order chi connectivity index (χ1) is 6.74. The summed E-state index contributed by atoms with van der Waals surface area (Å²) >= 11 is 0. The molecule has 5 nitrogen and oxygen atoms in total. The number of ether oxygens (including phenoxy) is 2. The first-order valence-corrected chi connectivity index (χ1v) is 4.59. The van der Waals surface area contributed by atoms with Gasteiger partial charge in [-0.1, -0.05) is 0 Å². The molecule has 0 unspecified atom stereocenters. The number of esters is 2. The maximum atomic E-state index is 11.2. The largest absolute Gasteiger partial charge is 0.460 e. The summed E-state index contributed by atoms with van der Waals surface area (Å²) in [6, 6.07) is 0. The highest BCUT2D eigenvalue weighted by molar-refractivity contribution is 5.77. The quantitative estimate of drug-likeness (QED) is 0.514. The van der Waals surface area contributed by atoms with Crippen LogP contribution in [0.5, 0.6) is 0 Å². The van der Waals surface area contributed by atoms with Gasteiger partial charge in [-0.3, -0.25) is 14.4 Å². The molecule has 0 N–H and O–H groups in total. The first-order valence-electron chi connectivity index (χ1n) is 4.59. The standard InChI is InChI=1S/C10H16O5/c1-7(12)14-8(6-11)5-9(13)15-10(2,3)4/h6,8H,5H2,1-4H3/t8-/m0/s1. The fraction of sp³-hybridized carbons (Fsp3) is 0.700. The monoisotopic (exact) mass is 216 g/mol. The number of carbonyl (C=O) groups is 3. The molecule has 15 heavy (non-hydrogen) atoms. The van der Waals surface area contributed by atoms with Gasteiger partial charge >= 0.3 is 11.9 Å². The van der Waals surface area contributed by atoms with Gasteiger partial charge in [-0.15, -0.1) is 0 Å². The SMILES string of the molecule is CC(=O)O[C@H](C=O)CC(=O)OC(C)(C)C. The molecule has 1 atom stereocenters. The van der Waals surface area contributed by atoms with Crippen molar-refractivity contribution in [2.45, 2.75) is 45.8 Å². The van der Waals surface area contributed by atoms with E-state index < -0.39 is 23.6 Å². The van der Waals surface area contributed by atoms with Crippen molar-refractivity contribution in [2.24, 2.45) is 0 Å². The van der Waals surface area contributed by atoms with E-state index in [1.165, 1.54) is 6.92 Å². The van der Waals surface area contributed by atoms with Crippen LogP contribution in [-0.4, -0.2) is 29.9 Å². The maximum Gasteiger partial charge on any atom is 0.310 e. The Morgan fingerprint density at radius 2 is 1.87 bits per heavy atom. The zero-order valence-corrected chi connectivity index (χ0v) is 9.40. The molecule has 5 heteroatoms. The molecular weight excluding hydrogens is 200 g/mol. The maximum absolute atomic E-state index is 11.2. The van der Waals surface area contributed by atoms with Crippen molar-refractivity contribution in [1.29, 1.82) is 0 Å². The lowest BCUT2D eigenvalue weighted by Gasteiger charge is -2.20. The predicted molar refractivity (Wildman–Crippen MR) is 52.1 cm³/mol. The van der Waals surface area contributed by atoms with E-state index >= 15 is 0 Å². The van der Waals surface area contributed by atoms with Crippen LogP contribution in [0, 0.1) is 0 Å². The third-order valence-corrected chi connectivity index (χ3v) is 1.26. The molecule has 0 fully saturated rings. The Morgan fingerprint density at radius 3 is 2.20 bits per heavy atom. The lowest BCUT2D eigenvalue weighted by Crippen LogP contribution is -2.28. The summed E-state index contributed by atoms with van der Waals surface area (Å²) in [5.41, 5.74) is -0.610. The van der Waals surface area contributed by atoms with Gasteiger partial charge in [0.2, 0.25) is 0 Å². The third-order valence-electron chi connectivity index (χ3n) is 1.26. The van der Waals surface area contributed by atoms with Gasteiger partial charge in [0.05, 0.1) is 6.42 Å². The van der Waals surface area contributed by atoms with E-state index in [0.717, 1.165) is 0 Å². The molecule has 0 heterocycles. The molecule has 0 saturated carbocycles. The van der Waals surface area contributed by atoms with Crippen LogP contribution in [0.2, 0.25) is 0 Å².